The molecule has 0 aromatic rings. The van der Waals surface area contributed by atoms with E-state index >= 15 is 0 Å². The van der Waals surface area contributed by atoms with E-state index in [1.165, 1.54) is 0 Å². The molecule has 1 aliphatic carbocycles. The largest absolute Gasteiger partial charge is 0.352 e. The first-order chi connectivity index (χ1) is 7.78. The predicted octanol–water partition coefficient (Wildman–Crippen LogP) is 0.287. The third-order valence-electron chi connectivity index (χ3n) is 2.69. The van der Waals surface area contributed by atoms with Crippen LogP contribution in [0, 0.1) is 0 Å². The maximum atomic E-state index is 11.6. The Morgan fingerprint density at radius 1 is 1.41 bits per heavy atom. The lowest BCUT2D eigenvalue weighted by Crippen LogP contribution is -2.46. The first-order valence-electron chi connectivity index (χ1n) is 6.16. The number of carbonyl (C=O) groups is 2. The van der Waals surface area contributed by atoms with Crippen LogP contribution in [0.1, 0.15) is 46.5 Å². The Hall–Kier alpha value is -1.10. The van der Waals surface area contributed by atoms with Gasteiger partial charge in [-0.3, -0.25) is 9.59 Å². The summed E-state index contributed by atoms with van der Waals surface area (Å²) in [6, 6.07) is -0.145. The number of carbonyl (C=O) groups excluding carboxylic acids is 2. The maximum absolute atomic E-state index is 11.6. The summed E-state index contributed by atoms with van der Waals surface area (Å²) in [5.74, 6) is -0.227. The number of nitrogens with two attached hydrogens (primary N) is 1. The van der Waals surface area contributed by atoms with Crippen LogP contribution in [0.3, 0.4) is 0 Å². The Morgan fingerprint density at radius 2 is 2.00 bits per heavy atom. The molecule has 0 bridgehead atoms. The highest BCUT2D eigenvalue weighted by Crippen LogP contribution is 2.18. The molecule has 0 heterocycles. The molecule has 5 heteroatoms. The summed E-state index contributed by atoms with van der Waals surface area (Å²) in [4.78, 5) is 23.1. The summed E-state index contributed by atoms with van der Waals surface area (Å²) in [7, 11) is 0. The smallest absolute Gasteiger partial charge is 0.242 e. The van der Waals surface area contributed by atoms with E-state index in [2.05, 4.69) is 10.6 Å². The number of amides is 2. The molecule has 17 heavy (non-hydrogen) atoms. The van der Waals surface area contributed by atoms with Crippen molar-refractivity contribution in [2.75, 3.05) is 0 Å². The van der Waals surface area contributed by atoms with Crippen LogP contribution in [-0.4, -0.2) is 29.4 Å². The number of rotatable bonds is 6. The molecule has 1 atom stereocenters. The highest BCUT2D eigenvalue weighted by atomic mass is 16.2. The fraction of sp³-hybridized carbons (Fsp3) is 0.833. The van der Waals surface area contributed by atoms with Crippen LogP contribution in [0.4, 0.5) is 0 Å². The Labute approximate surface area is 103 Å². The minimum atomic E-state index is -0.469. The van der Waals surface area contributed by atoms with Crippen molar-refractivity contribution >= 4 is 11.8 Å². The van der Waals surface area contributed by atoms with E-state index in [1.807, 2.05) is 13.8 Å². The lowest BCUT2D eigenvalue weighted by Gasteiger charge is -2.19. The van der Waals surface area contributed by atoms with Gasteiger partial charge >= 0.3 is 0 Å². The van der Waals surface area contributed by atoms with Gasteiger partial charge in [0.2, 0.25) is 11.8 Å². The molecule has 2 amide bonds. The molecule has 98 valence electrons. The fourth-order valence-electron chi connectivity index (χ4n) is 1.37. The Morgan fingerprint density at radius 3 is 2.47 bits per heavy atom. The molecular formula is C12H23N3O2. The highest BCUT2D eigenvalue weighted by molar-refractivity contribution is 5.87. The summed E-state index contributed by atoms with van der Waals surface area (Å²) >= 11 is 0. The van der Waals surface area contributed by atoms with E-state index < -0.39 is 6.04 Å². The summed E-state index contributed by atoms with van der Waals surface area (Å²) in [6.45, 7) is 5.45. The topological polar surface area (TPSA) is 84.2 Å². The van der Waals surface area contributed by atoms with Crippen LogP contribution in [0.2, 0.25) is 0 Å². The van der Waals surface area contributed by atoms with Gasteiger partial charge in [-0.25, -0.2) is 0 Å². The van der Waals surface area contributed by atoms with Gasteiger partial charge in [-0.2, -0.15) is 0 Å². The molecule has 4 N–H and O–H groups in total. The van der Waals surface area contributed by atoms with Gasteiger partial charge in [0.15, 0.2) is 0 Å². The van der Waals surface area contributed by atoms with Crippen LogP contribution in [0.5, 0.6) is 0 Å². The van der Waals surface area contributed by atoms with Crippen molar-refractivity contribution < 1.29 is 9.59 Å². The molecule has 0 spiro atoms. The van der Waals surface area contributed by atoms with Gasteiger partial charge < -0.3 is 16.4 Å². The first-order valence-corrected chi connectivity index (χ1v) is 6.16. The van der Waals surface area contributed by atoms with E-state index in [9.17, 15) is 9.59 Å². The lowest BCUT2D eigenvalue weighted by molar-refractivity contribution is -0.128. The number of hydrogen-bond acceptors (Lipinski definition) is 3. The Balaban J connectivity index is 2.22. The SMILES string of the molecule is CC(NC(=O)CCC(C)(C)N)C(=O)NC1CC1. The van der Waals surface area contributed by atoms with Crippen LogP contribution in [0.25, 0.3) is 0 Å². The molecule has 1 fully saturated rings. The van der Waals surface area contributed by atoms with Gasteiger partial charge in [-0.05, 0) is 40.0 Å². The van der Waals surface area contributed by atoms with Crippen LogP contribution >= 0.6 is 0 Å². The predicted molar refractivity (Wildman–Crippen MR) is 66.3 cm³/mol. The quantitative estimate of drug-likeness (QED) is 0.625. The van der Waals surface area contributed by atoms with Crippen LogP contribution in [0.15, 0.2) is 0 Å². The van der Waals surface area contributed by atoms with E-state index in [-0.39, 0.29) is 17.4 Å². The zero-order valence-electron chi connectivity index (χ0n) is 10.9. The molecule has 1 saturated carbocycles. The highest BCUT2D eigenvalue weighted by Gasteiger charge is 2.26. The second-order valence-corrected chi connectivity index (χ2v) is 5.56. The Bertz CT molecular complexity index is 293. The molecule has 5 nitrogen and oxygen atoms in total. The third-order valence-corrected chi connectivity index (χ3v) is 2.69. The van der Waals surface area contributed by atoms with E-state index in [4.69, 9.17) is 5.73 Å². The van der Waals surface area contributed by atoms with Gasteiger partial charge in [-0.15, -0.1) is 0 Å². The molecule has 1 rings (SSSR count). The molecule has 0 radical (unpaired) electrons. The van der Waals surface area contributed by atoms with Crippen LogP contribution < -0.4 is 16.4 Å². The first kappa shape index (κ1) is 14.0. The summed E-state index contributed by atoms with van der Waals surface area (Å²) in [5.41, 5.74) is 5.44. The average Bonchev–Trinajstić information content (AvgIpc) is 2.97. The molecule has 0 aromatic carbocycles. The third kappa shape index (κ3) is 6.26. The number of nitrogens with one attached hydrogen (secondary N) is 2. The normalized spacial score (nSPS) is 17.4. The van der Waals surface area contributed by atoms with Gasteiger partial charge in [0.05, 0.1) is 0 Å². The van der Waals surface area contributed by atoms with Gasteiger partial charge in [0, 0.05) is 18.0 Å². The van der Waals surface area contributed by atoms with Gasteiger partial charge in [0.25, 0.3) is 0 Å². The van der Waals surface area contributed by atoms with E-state index in [1.54, 1.807) is 6.92 Å². The lowest BCUT2D eigenvalue weighted by atomic mass is 10.00. The molecule has 0 aromatic heterocycles. The zero-order chi connectivity index (χ0) is 13.1. The van der Waals surface area contributed by atoms with Crippen molar-refractivity contribution in [1.29, 1.82) is 0 Å². The molecule has 0 aliphatic heterocycles. The van der Waals surface area contributed by atoms with Crippen molar-refractivity contribution in [2.45, 2.75) is 64.1 Å². The number of hydrogen-bond donors (Lipinski definition) is 3. The van der Waals surface area contributed by atoms with Crippen molar-refractivity contribution in [3.8, 4) is 0 Å². The van der Waals surface area contributed by atoms with Gasteiger partial charge in [0.1, 0.15) is 6.04 Å². The van der Waals surface area contributed by atoms with E-state index in [0.717, 1.165) is 12.8 Å². The monoisotopic (exact) mass is 241 g/mol. The van der Waals surface area contributed by atoms with Crippen molar-refractivity contribution in [3.05, 3.63) is 0 Å². The van der Waals surface area contributed by atoms with Crippen molar-refractivity contribution in [2.24, 2.45) is 5.73 Å². The summed E-state index contributed by atoms with van der Waals surface area (Å²) < 4.78 is 0. The molecule has 1 unspecified atom stereocenters. The van der Waals surface area contributed by atoms with Crippen LogP contribution in [-0.2, 0) is 9.59 Å². The molecule has 1 aliphatic rings. The summed E-state index contributed by atoms with van der Waals surface area (Å²) in [6.07, 6.45) is 3.06. The fourth-order valence-corrected chi connectivity index (χ4v) is 1.37. The standard InChI is InChI=1S/C12H23N3O2/c1-8(11(17)15-9-4-5-9)14-10(16)6-7-12(2,3)13/h8-9H,4-7,13H2,1-3H3,(H,14,16)(H,15,17). The second kappa shape index (κ2) is 5.49. The van der Waals surface area contributed by atoms with Crippen molar-refractivity contribution in [3.63, 3.8) is 0 Å². The zero-order valence-corrected chi connectivity index (χ0v) is 10.9. The van der Waals surface area contributed by atoms with Gasteiger partial charge in [-0.1, -0.05) is 0 Å². The second-order valence-electron chi connectivity index (χ2n) is 5.56. The molecule has 0 saturated heterocycles. The minimum Gasteiger partial charge on any atom is -0.352 e. The van der Waals surface area contributed by atoms with Crippen molar-refractivity contribution in [1.82, 2.24) is 10.6 Å². The minimum absolute atomic E-state index is 0.104. The Kier molecular flexibility index (Phi) is 4.51. The average molecular weight is 241 g/mol. The summed E-state index contributed by atoms with van der Waals surface area (Å²) in [5, 5.41) is 5.53. The van der Waals surface area contributed by atoms with E-state index in [0.29, 0.717) is 18.9 Å². The molecular weight excluding hydrogens is 218 g/mol. The maximum Gasteiger partial charge on any atom is 0.242 e.